The second-order valence-corrected chi connectivity index (χ2v) is 5.21. The number of likely N-dealkylation sites (N-methyl/N-ethyl adjacent to an activating group) is 1. The molecule has 0 bridgehead atoms. The predicted molar refractivity (Wildman–Crippen MR) is 80.9 cm³/mol. The van der Waals surface area contributed by atoms with E-state index in [1.54, 1.807) is 37.4 Å². The number of hydrogen-bond donors (Lipinski definition) is 3. The second-order valence-electron chi connectivity index (χ2n) is 5.21. The van der Waals surface area contributed by atoms with Gasteiger partial charge in [0.05, 0.1) is 19.9 Å². The highest BCUT2D eigenvalue weighted by atomic mass is 19.1. The van der Waals surface area contributed by atoms with Gasteiger partial charge in [-0.05, 0) is 18.2 Å². The predicted octanol–water partition coefficient (Wildman–Crippen LogP) is 0.459. The maximum atomic E-state index is 13.5. The van der Waals surface area contributed by atoms with Crippen LogP contribution in [0.1, 0.15) is 11.3 Å². The van der Waals surface area contributed by atoms with Gasteiger partial charge in [0.2, 0.25) is 0 Å². The van der Waals surface area contributed by atoms with Crippen LogP contribution in [0.3, 0.4) is 0 Å². The Bertz CT molecular complexity index is 658. The number of urea groups is 1. The molecule has 3 amide bonds. The summed E-state index contributed by atoms with van der Waals surface area (Å²) in [6.07, 6.45) is 1.50. The zero-order valence-electron chi connectivity index (χ0n) is 12.8. The molecule has 0 aliphatic rings. The van der Waals surface area contributed by atoms with Crippen molar-refractivity contribution in [1.82, 2.24) is 10.6 Å². The summed E-state index contributed by atoms with van der Waals surface area (Å²) in [7, 11) is 1.76. The quantitative estimate of drug-likeness (QED) is 0.724. The van der Waals surface area contributed by atoms with E-state index in [1.165, 1.54) is 12.3 Å². The first-order valence-electron chi connectivity index (χ1n) is 7.19. The summed E-state index contributed by atoms with van der Waals surface area (Å²) in [6, 6.07) is 9.25. The highest BCUT2D eigenvalue weighted by molar-refractivity contribution is 5.94. The first-order valence-corrected chi connectivity index (χ1v) is 7.19. The van der Waals surface area contributed by atoms with Gasteiger partial charge in [-0.3, -0.25) is 10.1 Å². The minimum atomic E-state index is -0.593. The summed E-state index contributed by atoms with van der Waals surface area (Å²) in [4.78, 5) is 24.1. The van der Waals surface area contributed by atoms with Gasteiger partial charge in [0.25, 0.3) is 5.91 Å². The molecule has 1 unspecified atom stereocenters. The molecule has 0 saturated heterocycles. The van der Waals surface area contributed by atoms with Gasteiger partial charge in [-0.25, -0.2) is 9.18 Å². The summed E-state index contributed by atoms with van der Waals surface area (Å²) < 4.78 is 18.6. The Morgan fingerprint density at radius 3 is 2.70 bits per heavy atom. The van der Waals surface area contributed by atoms with E-state index in [0.29, 0.717) is 17.9 Å². The van der Waals surface area contributed by atoms with Crippen LogP contribution in [0.15, 0.2) is 47.1 Å². The van der Waals surface area contributed by atoms with Crippen LogP contribution in [-0.4, -0.2) is 25.5 Å². The van der Waals surface area contributed by atoms with Crippen molar-refractivity contribution in [1.29, 1.82) is 0 Å². The number of amides is 3. The van der Waals surface area contributed by atoms with Gasteiger partial charge in [-0.1, -0.05) is 18.2 Å². The molecule has 0 aliphatic carbocycles. The summed E-state index contributed by atoms with van der Waals surface area (Å²) in [5.41, 5.74) is 0.528. The topological polar surface area (TPSA) is 75.8 Å². The maximum Gasteiger partial charge on any atom is 0.321 e. The molecule has 122 valence electrons. The largest absolute Gasteiger partial charge is 0.467 e. The van der Waals surface area contributed by atoms with Crippen molar-refractivity contribution in [2.24, 2.45) is 0 Å². The van der Waals surface area contributed by atoms with Gasteiger partial charge >= 0.3 is 6.03 Å². The van der Waals surface area contributed by atoms with Crippen molar-refractivity contribution in [3.8, 4) is 0 Å². The molecule has 1 aromatic heterocycles. The number of halogens is 1. The summed E-state index contributed by atoms with van der Waals surface area (Å²) in [5, 5.41) is 4.74. The standard InChI is InChI=1S/C16H18FN3O3/c1-20(10-12-5-2-3-7-14(12)17)11-15(21)19-16(22)18-9-13-6-4-8-23-13/h2-8H,9-11H2,1H3,(H2,18,19,21,22)/p+1. The number of carbonyl (C=O) groups is 2. The molecule has 6 nitrogen and oxygen atoms in total. The van der Waals surface area contributed by atoms with E-state index in [2.05, 4.69) is 10.6 Å². The molecule has 0 saturated carbocycles. The minimum Gasteiger partial charge on any atom is -0.467 e. The third-order valence-electron chi connectivity index (χ3n) is 3.17. The van der Waals surface area contributed by atoms with Gasteiger partial charge in [0.1, 0.15) is 18.1 Å². The number of hydrogen-bond acceptors (Lipinski definition) is 3. The van der Waals surface area contributed by atoms with E-state index in [9.17, 15) is 14.0 Å². The molecule has 1 aromatic carbocycles. The third kappa shape index (κ3) is 5.55. The molecule has 1 atom stereocenters. The van der Waals surface area contributed by atoms with E-state index >= 15 is 0 Å². The van der Waals surface area contributed by atoms with Gasteiger partial charge < -0.3 is 14.6 Å². The molecule has 23 heavy (non-hydrogen) atoms. The zero-order chi connectivity index (χ0) is 16.7. The van der Waals surface area contributed by atoms with Crippen LogP contribution < -0.4 is 15.5 Å². The Hall–Kier alpha value is -2.67. The lowest BCUT2D eigenvalue weighted by Crippen LogP contribution is -3.09. The number of nitrogens with one attached hydrogen (secondary N) is 3. The van der Waals surface area contributed by atoms with E-state index in [1.807, 2.05) is 0 Å². The van der Waals surface area contributed by atoms with Crippen LogP contribution in [0.25, 0.3) is 0 Å². The van der Waals surface area contributed by atoms with Crippen LogP contribution in [0.5, 0.6) is 0 Å². The van der Waals surface area contributed by atoms with E-state index in [4.69, 9.17) is 4.42 Å². The lowest BCUT2D eigenvalue weighted by atomic mass is 10.2. The van der Waals surface area contributed by atoms with E-state index in [-0.39, 0.29) is 18.9 Å². The van der Waals surface area contributed by atoms with Crippen molar-refractivity contribution in [3.05, 3.63) is 59.8 Å². The fourth-order valence-corrected chi connectivity index (χ4v) is 2.10. The Morgan fingerprint density at radius 1 is 1.22 bits per heavy atom. The molecular formula is C16H19FN3O3+. The highest BCUT2D eigenvalue weighted by Crippen LogP contribution is 2.03. The molecule has 1 heterocycles. The second kappa shape index (κ2) is 8.09. The molecule has 3 N–H and O–H groups in total. The SMILES string of the molecule is C[NH+](CC(=O)NC(=O)NCc1ccco1)Cc1ccccc1F. The molecule has 0 fully saturated rings. The number of imide groups is 1. The van der Waals surface area contributed by atoms with Crippen molar-refractivity contribution in [3.63, 3.8) is 0 Å². The summed E-state index contributed by atoms with van der Waals surface area (Å²) in [6.45, 7) is 0.612. The Kier molecular flexibility index (Phi) is 5.87. The Labute approximate surface area is 133 Å². The third-order valence-corrected chi connectivity index (χ3v) is 3.17. The van der Waals surface area contributed by atoms with Crippen molar-refractivity contribution < 1.29 is 23.3 Å². The van der Waals surface area contributed by atoms with Crippen LogP contribution in [0, 0.1) is 5.82 Å². The fourth-order valence-electron chi connectivity index (χ4n) is 2.10. The number of furan rings is 1. The molecule has 7 heteroatoms. The normalized spacial score (nSPS) is 11.7. The van der Waals surface area contributed by atoms with Gasteiger partial charge in [0.15, 0.2) is 6.54 Å². The minimum absolute atomic E-state index is 0.0580. The van der Waals surface area contributed by atoms with Crippen LogP contribution in [0.2, 0.25) is 0 Å². The molecule has 2 aromatic rings. The van der Waals surface area contributed by atoms with Gasteiger partial charge in [-0.15, -0.1) is 0 Å². The smallest absolute Gasteiger partial charge is 0.321 e. The maximum absolute atomic E-state index is 13.5. The summed E-state index contributed by atoms with van der Waals surface area (Å²) >= 11 is 0. The average molecular weight is 320 g/mol. The van der Waals surface area contributed by atoms with Gasteiger partial charge in [-0.2, -0.15) is 0 Å². The Balaban J connectivity index is 1.73. The van der Waals surface area contributed by atoms with E-state index in [0.717, 1.165) is 4.90 Å². The molecule has 0 radical (unpaired) electrons. The molecule has 2 rings (SSSR count). The van der Waals surface area contributed by atoms with Gasteiger partial charge in [0, 0.05) is 5.56 Å². The van der Waals surface area contributed by atoms with Crippen molar-refractivity contribution in [2.45, 2.75) is 13.1 Å². The zero-order valence-corrected chi connectivity index (χ0v) is 12.8. The lowest BCUT2D eigenvalue weighted by Gasteiger charge is -2.14. The van der Waals surface area contributed by atoms with Crippen LogP contribution >= 0.6 is 0 Å². The first-order chi connectivity index (χ1) is 11.0. The first kappa shape index (κ1) is 16.7. The van der Waals surface area contributed by atoms with Crippen LogP contribution in [0.4, 0.5) is 9.18 Å². The molecule has 0 aliphatic heterocycles. The monoisotopic (exact) mass is 320 g/mol. The van der Waals surface area contributed by atoms with Crippen molar-refractivity contribution >= 4 is 11.9 Å². The lowest BCUT2D eigenvalue weighted by molar-refractivity contribution is -0.885. The number of benzene rings is 1. The van der Waals surface area contributed by atoms with Crippen molar-refractivity contribution in [2.75, 3.05) is 13.6 Å². The van der Waals surface area contributed by atoms with E-state index < -0.39 is 11.9 Å². The number of carbonyl (C=O) groups excluding carboxylic acids is 2. The Morgan fingerprint density at radius 2 is 2.00 bits per heavy atom. The fraction of sp³-hybridized carbons (Fsp3) is 0.250. The highest BCUT2D eigenvalue weighted by Gasteiger charge is 2.15. The molecular weight excluding hydrogens is 301 g/mol. The van der Waals surface area contributed by atoms with Crippen LogP contribution in [-0.2, 0) is 17.9 Å². The number of quaternary nitrogens is 1. The molecule has 0 spiro atoms. The summed E-state index contributed by atoms with van der Waals surface area (Å²) in [5.74, 6) is -0.144. The average Bonchev–Trinajstić information content (AvgIpc) is 3.00. The number of rotatable bonds is 6.